The van der Waals surface area contributed by atoms with Crippen molar-refractivity contribution < 1.29 is 29.3 Å². The van der Waals surface area contributed by atoms with Gasteiger partial charge in [-0.15, -0.1) is 0 Å². The van der Waals surface area contributed by atoms with E-state index in [4.69, 9.17) is 14.6 Å². The van der Waals surface area contributed by atoms with Crippen LogP contribution in [0.2, 0.25) is 0 Å². The van der Waals surface area contributed by atoms with Gasteiger partial charge in [0.2, 0.25) is 5.91 Å². The molecule has 2 aromatic carbocycles. The summed E-state index contributed by atoms with van der Waals surface area (Å²) in [6.07, 6.45) is 4.06. The summed E-state index contributed by atoms with van der Waals surface area (Å²) in [5.74, 6) is -0.931. The van der Waals surface area contributed by atoms with Crippen molar-refractivity contribution in [1.29, 1.82) is 0 Å². The van der Waals surface area contributed by atoms with Gasteiger partial charge in [-0.05, 0) is 48.7 Å². The van der Waals surface area contributed by atoms with Gasteiger partial charge in [0.1, 0.15) is 0 Å². The summed E-state index contributed by atoms with van der Waals surface area (Å²) in [4.78, 5) is 29.4. The molecular weight excluding hydrogens is 534 g/mol. The fourth-order valence-corrected chi connectivity index (χ4v) is 4.97. The molecule has 224 valence electrons. The van der Waals surface area contributed by atoms with E-state index in [9.17, 15) is 14.7 Å². The number of aliphatic hydroxyl groups is 1. The maximum Gasteiger partial charge on any atom is 0.303 e. The first kappa shape index (κ1) is 31.3. The van der Waals surface area contributed by atoms with Crippen molar-refractivity contribution >= 4 is 11.9 Å². The van der Waals surface area contributed by atoms with Gasteiger partial charge in [-0.1, -0.05) is 54.6 Å². The van der Waals surface area contributed by atoms with Crippen molar-refractivity contribution in [3.63, 3.8) is 0 Å². The molecule has 1 aromatic heterocycles. The molecule has 0 aliphatic carbocycles. The minimum Gasteiger partial charge on any atom is -0.481 e. The standard InChI is InChI=1S/C33H41N3O6/c1-36(19-17-28-6-4-5-18-34-28)22-29-20-30(26-13-11-25(23-37)12-14-26)42-33(41-29)27-15-9-24(10-16-27)21-35-31(38)7-2-3-8-32(39)40/h4-6,9-16,18,29-30,33,37H,2-3,7-8,17,19-23H2,1H3,(H,35,38)(H,39,40)/t29-,30+,33+/m1/s1. The van der Waals surface area contributed by atoms with Crippen molar-refractivity contribution in [2.45, 2.75) is 70.2 Å². The van der Waals surface area contributed by atoms with Crippen LogP contribution in [0.25, 0.3) is 0 Å². The lowest BCUT2D eigenvalue weighted by Crippen LogP contribution is -2.38. The quantitative estimate of drug-likeness (QED) is 0.226. The second kappa shape index (κ2) is 16.1. The highest BCUT2D eigenvalue weighted by molar-refractivity contribution is 5.75. The summed E-state index contributed by atoms with van der Waals surface area (Å²) in [7, 11) is 2.09. The number of amides is 1. The third-order valence-electron chi connectivity index (χ3n) is 7.39. The highest BCUT2D eigenvalue weighted by atomic mass is 16.7. The number of hydrogen-bond donors (Lipinski definition) is 3. The molecule has 1 amide bonds. The number of nitrogens with zero attached hydrogens (tertiary/aromatic N) is 2. The fraction of sp³-hybridized carbons (Fsp3) is 0.424. The van der Waals surface area contributed by atoms with Crippen molar-refractivity contribution in [2.24, 2.45) is 0 Å². The summed E-state index contributed by atoms with van der Waals surface area (Å²) in [6, 6.07) is 21.7. The number of unbranched alkanes of at least 4 members (excludes halogenated alkanes) is 1. The second-order valence-corrected chi connectivity index (χ2v) is 10.8. The Kier molecular flexibility index (Phi) is 12.0. The summed E-state index contributed by atoms with van der Waals surface area (Å²) >= 11 is 0. The summed E-state index contributed by atoms with van der Waals surface area (Å²) in [5.41, 5.74) is 4.82. The minimum absolute atomic E-state index is 0.00123. The van der Waals surface area contributed by atoms with Gasteiger partial charge in [0.25, 0.3) is 0 Å². The molecule has 1 aliphatic heterocycles. The molecule has 0 saturated carbocycles. The molecular formula is C33H41N3O6. The Hall–Kier alpha value is -3.63. The SMILES string of the molecule is CN(CCc1ccccn1)C[C@H]1C[C@@H](c2ccc(CO)cc2)O[C@@H](c2ccc(CNC(=O)CCCCC(=O)O)cc2)O1. The molecule has 1 saturated heterocycles. The normalized spacial score (nSPS) is 18.6. The van der Waals surface area contributed by atoms with E-state index in [1.165, 1.54) is 0 Å². The highest BCUT2D eigenvalue weighted by Crippen LogP contribution is 2.38. The fourth-order valence-electron chi connectivity index (χ4n) is 4.97. The maximum absolute atomic E-state index is 12.1. The van der Waals surface area contributed by atoms with Crippen LogP contribution in [0.4, 0.5) is 0 Å². The average Bonchev–Trinajstić information content (AvgIpc) is 3.01. The number of nitrogens with one attached hydrogen (secondary N) is 1. The van der Waals surface area contributed by atoms with Crippen LogP contribution in [-0.2, 0) is 38.6 Å². The number of hydrogen-bond acceptors (Lipinski definition) is 7. The van der Waals surface area contributed by atoms with Crippen LogP contribution in [0.3, 0.4) is 0 Å². The molecule has 9 nitrogen and oxygen atoms in total. The molecule has 3 aromatic rings. The number of rotatable bonds is 15. The molecule has 1 aliphatic rings. The van der Waals surface area contributed by atoms with E-state index in [0.717, 1.165) is 47.5 Å². The lowest BCUT2D eigenvalue weighted by atomic mass is 9.99. The smallest absolute Gasteiger partial charge is 0.303 e. The number of ether oxygens (including phenoxy) is 2. The Morgan fingerprint density at radius 1 is 0.952 bits per heavy atom. The average molecular weight is 576 g/mol. The molecule has 3 atom stereocenters. The van der Waals surface area contributed by atoms with Crippen LogP contribution in [0.15, 0.2) is 72.9 Å². The molecule has 0 bridgehead atoms. The van der Waals surface area contributed by atoms with Gasteiger partial charge >= 0.3 is 5.97 Å². The molecule has 4 rings (SSSR count). The first-order valence-corrected chi connectivity index (χ1v) is 14.6. The van der Waals surface area contributed by atoms with Crippen LogP contribution in [0.1, 0.15) is 72.4 Å². The maximum atomic E-state index is 12.1. The van der Waals surface area contributed by atoms with E-state index in [-0.39, 0.29) is 31.1 Å². The minimum atomic E-state index is -0.841. The summed E-state index contributed by atoms with van der Waals surface area (Å²) in [6.45, 7) is 2.00. The van der Waals surface area contributed by atoms with Crippen molar-refractivity contribution in [1.82, 2.24) is 15.2 Å². The Morgan fingerprint density at radius 2 is 1.67 bits per heavy atom. The van der Waals surface area contributed by atoms with Gasteiger partial charge in [0, 0.05) is 62.8 Å². The largest absolute Gasteiger partial charge is 0.481 e. The molecule has 42 heavy (non-hydrogen) atoms. The predicted molar refractivity (Wildman–Crippen MR) is 158 cm³/mol. The number of aliphatic carboxylic acids is 1. The predicted octanol–water partition coefficient (Wildman–Crippen LogP) is 4.56. The number of pyridine rings is 1. The zero-order valence-electron chi connectivity index (χ0n) is 24.2. The Morgan fingerprint density at radius 3 is 2.36 bits per heavy atom. The molecule has 0 unspecified atom stereocenters. The lowest BCUT2D eigenvalue weighted by Gasteiger charge is -2.38. The van der Waals surface area contributed by atoms with Crippen LogP contribution >= 0.6 is 0 Å². The molecule has 3 N–H and O–H groups in total. The second-order valence-electron chi connectivity index (χ2n) is 10.8. The number of carbonyl (C=O) groups is 2. The van der Waals surface area contributed by atoms with Crippen molar-refractivity contribution in [3.8, 4) is 0 Å². The van der Waals surface area contributed by atoms with E-state index >= 15 is 0 Å². The van der Waals surface area contributed by atoms with E-state index in [0.29, 0.717) is 32.2 Å². The van der Waals surface area contributed by atoms with Crippen molar-refractivity contribution in [3.05, 3.63) is 101 Å². The Bertz CT molecular complexity index is 1250. The molecule has 1 fully saturated rings. The van der Waals surface area contributed by atoms with Crippen molar-refractivity contribution in [2.75, 3.05) is 20.1 Å². The zero-order chi connectivity index (χ0) is 29.7. The van der Waals surface area contributed by atoms with Crippen LogP contribution in [-0.4, -0.2) is 58.2 Å². The summed E-state index contributed by atoms with van der Waals surface area (Å²) in [5, 5.41) is 21.1. The number of likely N-dealkylation sites (N-methyl/N-ethyl adjacent to an activating group) is 1. The van der Waals surface area contributed by atoms with Gasteiger partial charge in [-0.25, -0.2) is 0 Å². The number of carboxylic acid groups (broad SMARTS) is 1. The highest BCUT2D eigenvalue weighted by Gasteiger charge is 2.32. The van der Waals surface area contributed by atoms with Gasteiger partial charge in [0.05, 0.1) is 18.8 Å². The Labute approximate surface area is 247 Å². The molecule has 0 spiro atoms. The van der Waals surface area contributed by atoms with E-state index in [1.54, 1.807) is 0 Å². The molecule has 9 heteroatoms. The number of carboxylic acids is 1. The first-order valence-electron chi connectivity index (χ1n) is 14.6. The third-order valence-corrected chi connectivity index (χ3v) is 7.39. The first-order chi connectivity index (χ1) is 20.4. The molecule has 2 heterocycles. The number of benzene rings is 2. The van der Waals surface area contributed by atoms with E-state index < -0.39 is 12.3 Å². The number of aromatic nitrogens is 1. The monoisotopic (exact) mass is 575 g/mol. The Balaban J connectivity index is 1.36. The van der Waals surface area contributed by atoms with Gasteiger partial charge in [-0.2, -0.15) is 0 Å². The van der Waals surface area contributed by atoms with Gasteiger partial charge in [-0.3, -0.25) is 14.6 Å². The molecule has 0 radical (unpaired) electrons. The summed E-state index contributed by atoms with van der Waals surface area (Å²) < 4.78 is 12.9. The van der Waals surface area contributed by atoms with Crippen LogP contribution in [0, 0.1) is 0 Å². The van der Waals surface area contributed by atoms with E-state index in [2.05, 4.69) is 22.2 Å². The zero-order valence-corrected chi connectivity index (χ0v) is 24.2. The third kappa shape index (κ3) is 10.0. The van der Waals surface area contributed by atoms with Crippen LogP contribution in [0.5, 0.6) is 0 Å². The lowest BCUT2D eigenvalue weighted by molar-refractivity contribution is -0.252. The number of aliphatic hydroxyl groups excluding tert-OH is 1. The van der Waals surface area contributed by atoms with Gasteiger partial charge < -0.3 is 29.9 Å². The number of carbonyl (C=O) groups excluding carboxylic acids is 1. The topological polar surface area (TPSA) is 121 Å². The van der Waals surface area contributed by atoms with E-state index in [1.807, 2.05) is 72.9 Å². The van der Waals surface area contributed by atoms with Gasteiger partial charge in [0.15, 0.2) is 6.29 Å². The van der Waals surface area contributed by atoms with Crippen LogP contribution < -0.4 is 5.32 Å².